The van der Waals surface area contributed by atoms with Gasteiger partial charge in [-0.25, -0.2) is 4.39 Å². The van der Waals surface area contributed by atoms with Crippen LogP contribution in [-0.4, -0.2) is 11.0 Å². The Morgan fingerprint density at radius 2 is 2.00 bits per heavy atom. The van der Waals surface area contributed by atoms with E-state index in [4.69, 9.17) is 11.8 Å². The lowest BCUT2D eigenvalue weighted by atomic mass is 10.0. The highest BCUT2D eigenvalue weighted by atomic mass is 35.5. The molecule has 3 heteroatoms. The number of nitrogens with zero attached hydrogens (tertiary/aromatic N) is 1. The van der Waals surface area contributed by atoms with Gasteiger partial charge in [-0.2, -0.15) is 0 Å². The molecule has 0 spiro atoms. The van der Waals surface area contributed by atoms with Crippen molar-refractivity contribution in [3.63, 3.8) is 0 Å². The number of hydrogen-bond acceptors (Lipinski definition) is 1. The smallest absolute Gasteiger partial charge is 0.123 e. The van der Waals surface area contributed by atoms with Crippen molar-refractivity contribution in [3.05, 3.63) is 59.1 Å². The van der Waals surface area contributed by atoms with Crippen LogP contribution >= 0.6 is 11.8 Å². The highest BCUT2D eigenvalue weighted by molar-refractivity contribution is 6.14. The van der Waals surface area contributed by atoms with Gasteiger partial charge in [-0.05, 0) is 30.2 Å². The monoisotopic (exact) mass is 237 g/mol. The summed E-state index contributed by atoms with van der Waals surface area (Å²) >= 11 is 6.11. The first-order chi connectivity index (χ1) is 7.66. The molecular formula is C13H13ClFN. The maximum absolute atomic E-state index is 12.8. The molecular weight excluding hydrogens is 225 g/mol. The maximum Gasteiger partial charge on any atom is 0.123 e. The fourth-order valence-electron chi connectivity index (χ4n) is 1.74. The van der Waals surface area contributed by atoms with Crippen molar-refractivity contribution in [2.75, 3.05) is 6.54 Å². The Balaban J connectivity index is 2.20. The molecule has 0 atom stereocenters. The Labute approximate surface area is 99.9 Å². The highest BCUT2D eigenvalue weighted by Crippen LogP contribution is 2.22. The Morgan fingerprint density at radius 3 is 2.62 bits per heavy atom. The van der Waals surface area contributed by atoms with Crippen LogP contribution in [0.4, 0.5) is 4.39 Å². The van der Waals surface area contributed by atoms with E-state index in [2.05, 4.69) is 6.08 Å². The number of rotatable bonds is 2. The summed E-state index contributed by atoms with van der Waals surface area (Å²) in [6, 6.07) is 6.53. The minimum atomic E-state index is -0.208. The van der Waals surface area contributed by atoms with E-state index >= 15 is 0 Å². The van der Waals surface area contributed by atoms with Gasteiger partial charge in [0, 0.05) is 23.9 Å². The Hall–Kier alpha value is -1.28. The molecule has 0 unspecified atom stereocenters. The van der Waals surface area contributed by atoms with Gasteiger partial charge in [-0.15, -0.1) is 0 Å². The van der Waals surface area contributed by atoms with Gasteiger partial charge in [0.1, 0.15) is 5.82 Å². The molecule has 1 nitrogen and oxygen atoms in total. The molecule has 0 amide bonds. The van der Waals surface area contributed by atoms with Crippen LogP contribution in [0.25, 0.3) is 0 Å². The summed E-state index contributed by atoms with van der Waals surface area (Å²) in [5.41, 5.74) is 3.30. The van der Waals surface area contributed by atoms with Gasteiger partial charge in [0.15, 0.2) is 0 Å². The topological polar surface area (TPSA) is 3.24 Å². The Bertz CT molecular complexity index is 434. The molecule has 1 heterocycles. The molecule has 84 valence electrons. The van der Waals surface area contributed by atoms with Gasteiger partial charge in [0.2, 0.25) is 0 Å². The lowest BCUT2D eigenvalue weighted by molar-refractivity contribution is 0.582. The van der Waals surface area contributed by atoms with Crippen molar-refractivity contribution in [1.29, 1.82) is 0 Å². The van der Waals surface area contributed by atoms with E-state index in [0.29, 0.717) is 0 Å². The summed E-state index contributed by atoms with van der Waals surface area (Å²) in [6.45, 7) is 2.75. The van der Waals surface area contributed by atoms with E-state index in [1.165, 1.54) is 12.1 Å². The second kappa shape index (κ2) is 4.71. The molecule has 0 N–H and O–H groups in total. The Morgan fingerprint density at radius 1 is 1.31 bits per heavy atom. The summed E-state index contributed by atoms with van der Waals surface area (Å²) in [4.78, 5) is 0. The van der Waals surface area contributed by atoms with Gasteiger partial charge < -0.3 is 0 Å². The average molecular weight is 238 g/mol. The fourth-order valence-corrected chi connectivity index (χ4v) is 2.01. The molecule has 1 aromatic rings. The molecule has 0 radical (unpaired) electrons. The van der Waals surface area contributed by atoms with Crippen molar-refractivity contribution >= 4 is 11.8 Å². The second-order valence-corrected chi connectivity index (χ2v) is 4.29. The van der Waals surface area contributed by atoms with Gasteiger partial charge in [-0.3, -0.25) is 4.42 Å². The summed E-state index contributed by atoms with van der Waals surface area (Å²) < 4.78 is 14.5. The molecule has 0 bridgehead atoms. The molecule has 1 aliphatic rings. The molecule has 16 heavy (non-hydrogen) atoms. The zero-order chi connectivity index (χ0) is 11.5. The van der Waals surface area contributed by atoms with Gasteiger partial charge in [0.25, 0.3) is 0 Å². The standard InChI is InChI=1S/C13H13ClFN/c1-10-3-2-8-16(14)13(10)9-11-4-6-12(15)7-5-11/h2-7H,8-9H2,1H3. The number of benzene rings is 1. The first-order valence-corrected chi connectivity index (χ1v) is 5.54. The van der Waals surface area contributed by atoms with E-state index in [9.17, 15) is 4.39 Å². The Kier molecular flexibility index (Phi) is 3.30. The number of allylic oxidation sites excluding steroid dienone is 3. The van der Waals surface area contributed by atoms with Crippen LogP contribution < -0.4 is 0 Å². The third-order valence-corrected chi connectivity index (χ3v) is 3.01. The largest absolute Gasteiger partial charge is 0.285 e. The van der Waals surface area contributed by atoms with E-state index < -0.39 is 0 Å². The SMILES string of the molecule is CC1=C(Cc2ccc(F)cc2)N(Cl)CC=C1. The van der Waals surface area contributed by atoms with Gasteiger partial charge in [0.05, 0.1) is 6.54 Å². The first-order valence-electron chi connectivity index (χ1n) is 5.21. The number of hydrogen-bond donors (Lipinski definition) is 0. The maximum atomic E-state index is 12.8. The zero-order valence-electron chi connectivity index (χ0n) is 9.08. The minimum absolute atomic E-state index is 0.208. The molecule has 0 aromatic heterocycles. The molecule has 0 aliphatic carbocycles. The van der Waals surface area contributed by atoms with E-state index in [1.807, 2.05) is 13.0 Å². The lowest BCUT2D eigenvalue weighted by Gasteiger charge is -2.23. The van der Waals surface area contributed by atoms with Crippen LogP contribution in [0.3, 0.4) is 0 Å². The zero-order valence-corrected chi connectivity index (χ0v) is 9.84. The predicted octanol–water partition coefficient (Wildman–Crippen LogP) is 3.67. The fraction of sp³-hybridized carbons (Fsp3) is 0.231. The van der Waals surface area contributed by atoms with Gasteiger partial charge >= 0.3 is 0 Å². The molecule has 2 rings (SSSR count). The third-order valence-electron chi connectivity index (χ3n) is 2.67. The van der Waals surface area contributed by atoms with Gasteiger partial charge in [-0.1, -0.05) is 24.3 Å². The molecule has 0 fully saturated rings. The second-order valence-electron chi connectivity index (χ2n) is 3.88. The summed E-state index contributed by atoms with van der Waals surface area (Å²) in [7, 11) is 0. The van der Waals surface area contributed by atoms with Crippen LogP contribution in [-0.2, 0) is 6.42 Å². The number of halogens is 2. The molecule has 0 saturated heterocycles. The van der Waals surface area contributed by atoms with E-state index in [-0.39, 0.29) is 5.82 Å². The van der Waals surface area contributed by atoms with Crippen LogP contribution in [0.1, 0.15) is 12.5 Å². The van der Waals surface area contributed by atoms with Crippen molar-refractivity contribution in [3.8, 4) is 0 Å². The van der Waals surface area contributed by atoms with Crippen molar-refractivity contribution in [1.82, 2.24) is 4.42 Å². The third kappa shape index (κ3) is 2.45. The highest BCUT2D eigenvalue weighted by Gasteiger charge is 2.12. The molecule has 1 aliphatic heterocycles. The normalized spacial score (nSPS) is 15.8. The van der Waals surface area contributed by atoms with Crippen molar-refractivity contribution < 1.29 is 4.39 Å². The van der Waals surface area contributed by atoms with E-state index in [1.54, 1.807) is 16.6 Å². The van der Waals surface area contributed by atoms with Crippen molar-refractivity contribution in [2.45, 2.75) is 13.3 Å². The first kappa shape index (κ1) is 11.2. The summed E-state index contributed by atoms with van der Waals surface area (Å²) in [5, 5.41) is 0. The minimum Gasteiger partial charge on any atom is -0.285 e. The molecule has 1 aromatic carbocycles. The van der Waals surface area contributed by atoms with Crippen LogP contribution in [0.2, 0.25) is 0 Å². The van der Waals surface area contributed by atoms with Crippen LogP contribution in [0, 0.1) is 5.82 Å². The lowest BCUT2D eigenvalue weighted by Crippen LogP contribution is -2.17. The van der Waals surface area contributed by atoms with E-state index in [0.717, 1.165) is 29.8 Å². The van der Waals surface area contributed by atoms with Crippen molar-refractivity contribution in [2.24, 2.45) is 0 Å². The van der Waals surface area contributed by atoms with Crippen LogP contribution in [0.15, 0.2) is 47.7 Å². The molecule has 0 saturated carbocycles. The summed E-state index contributed by atoms with van der Waals surface area (Å²) in [5.74, 6) is -0.208. The predicted molar refractivity (Wildman–Crippen MR) is 64.5 cm³/mol. The van der Waals surface area contributed by atoms with Crippen LogP contribution in [0.5, 0.6) is 0 Å². The average Bonchev–Trinajstić information content (AvgIpc) is 2.26. The quantitative estimate of drug-likeness (QED) is 0.710. The summed E-state index contributed by atoms with van der Waals surface area (Å²) in [6.07, 6.45) is 4.83.